The smallest absolute Gasteiger partial charge is 0.363 e. The van der Waals surface area contributed by atoms with Crippen molar-refractivity contribution in [2.75, 3.05) is 0 Å². The molecule has 32 heavy (non-hydrogen) atoms. The first-order chi connectivity index (χ1) is 15.6. The number of carbonyl (C=O) groups excluding carboxylic acids is 1. The van der Waals surface area contributed by atoms with Crippen LogP contribution >= 0.6 is 23.2 Å². The monoisotopic (exact) mass is 459 g/mol. The average Bonchev–Trinajstić information content (AvgIpc) is 3.39. The lowest BCUT2D eigenvalue weighted by molar-refractivity contribution is -0.129. The number of rotatable bonds is 4. The van der Waals surface area contributed by atoms with Crippen LogP contribution in [0.4, 0.5) is 0 Å². The zero-order valence-electron chi connectivity index (χ0n) is 16.6. The van der Waals surface area contributed by atoms with E-state index in [9.17, 15) is 4.79 Å². The van der Waals surface area contributed by atoms with E-state index in [1.807, 2.05) is 66.9 Å². The van der Waals surface area contributed by atoms with Crippen molar-refractivity contribution in [3.05, 3.63) is 112 Å². The van der Waals surface area contributed by atoms with Gasteiger partial charge in [0.15, 0.2) is 5.70 Å². The molecule has 0 radical (unpaired) electrons. The average molecular weight is 460 g/mol. The number of halogens is 2. The predicted molar refractivity (Wildman–Crippen MR) is 126 cm³/mol. The number of benzene rings is 3. The first-order valence-electron chi connectivity index (χ1n) is 9.77. The van der Waals surface area contributed by atoms with Crippen LogP contribution < -0.4 is 0 Å². The van der Waals surface area contributed by atoms with Crippen molar-refractivity contribution in [2.24, 2.45) is 4.99 Å². The highest BCUT2D eigenvalue weighted by atomic mass is 35.5. The standard InChI is InChI=1S/C25H15Cl2N3O2/c26-18-11-12-20(21(27)14-18)24-28-22(25(31)32-24)13-17-15-30(19-9-5-2-6-10-19)29-23(17)16-7-3-1-4-8-16/h1-15H/b22-13+. The maximum atomic E-state index is 12.6. The van der Waals surface area contributed by atoms with E-state index in [1.165, 1.54) is 0 Å². The molecule has 1 aliphatic rings. The van der Waals surface area contributed by atoms with E-state index in [0.717, 1.165) is 22.5 Å². The van der Waals surface area contributed by atoms with Crippen LogP contribution in [0.3, 0.4) is 0 Å². The molecule has 0 saturated heterocycles. The normalized spacial score (nSPS) is 14.5. The second kappa shape index (κ2) is 8.46. The summed E-state index contributed by atoms with van der Waals surface area (Å²) in [6.07, 6.45) is 3.54. The largest absolute Gasteiger partial charge is 0.402 e. The molecule has 156 valence electrons. The third kappa shape index (κ3) is 3.96. The van der Waals surface area contributed by atoms with E-state index in [4.69, 9.17) is 33.0 Å². The first kappa shape index (κ1) is 20.2. The minimum atomic E-state index is -0.558. The molecule has 0 N–H and O–H groups in total. The van der Waals surface area contributed by atoms with Crippen molar-refractivity contribution >= 4 is 41.1 Å². The van der Waals surface area contributed by atoms with E-state index in [0.29, 0.717) is 15.6 Å². The lowest BCUT2D eigenvalue weighted by Crippen LogP contribution is -2.05. The van der Waals surface area contributed by atoms with Crippen LogP contribution in [0.2, 0.25) is 10.0 Å². The highest BCUT2D eigenvalue weighted by Gasteiger charge is 2.26. The highest BCUT2D eigenvalue weighted by molar-refractivity contribution is 6.37. The van der Waals surface area contributed by atoms with Crippen LogP contribution in [0.1, 0.15) is 11.1 Å². The summed E-state index contributed by atoms with van der Waals surface area (Å²) in [5.74, 6) is -0.419. The molecular formula is C25H15Cl2N3O2. The lowest BCUT2D eigenvalue weighted by Gasteiger charge is -2.02. The summed E-state index contributed by atoms with van der Waals surface area (Å²) in [4.78, 5) is 16.9. The fraction of sp³-hybridized carbons (Fsp3) is 0. The van der Waals surface area contributed by atoms with Crippen molar-refractivity contribution in [2.45, 2.75) is 0 Å². The number of esters is 1. The van der Waals surface area contributed by atoms with Crippen LogP contribution in [0, 0.1) is 0 Å². The second-order valence-corrected chi connectivity index (χ2v) is 7.88. The fourth-order valence-electron chi connectivity index (χ4n) is 3.36. The molecule has 4 aromatic rings. The summed E-state index contributed by atoms with van der Waals surface area (Å²) in [5.41, 5.74) is 3.94. The summed E-state index contributed by atoms with van der Waals surface area (Å²) in [6, 6.07) is 24.4. The van der Waals surface area contributed by atoms with Crippen molar-refractivity contribution in [1.29, 1.82) is 0 Å². The summed E-state index contributed by atoms with van der Waals surface area (Å²) in [6.45, 7) is 0. The highest BCUT2D eigenvalue weighted by Crippen LogP contribution is 2.29. The molecular weight excluding hydrogens is 445 g/mol. The Morgan fingerprint density at radius 3 is 2.34 bits per heavy atom. The van der Waals surface area contributed by atoms with Crippen LogP contribution in [0.25, 0.3) is 23.0 Å². The molecule has 1 aromatic heterocycles. The number of para-hydroxylation sites is 1. The van der Waals surface area contributed by atoms with Gasteiger partial charge in [-0.25, -0.2) is 14.5 Å². The third-order valence-corrected chi connectivity index (χ3v) is 5.43. The first-order valence-corrected chi connectivity index (χ1v) is 10.5. The molecule has 0 amide bonds. The number of hydrogen-bond acceptors (Lipinski definition) is 4. The Labute approximate surface area is 194 Å². The quantitative estimate of drug-likeness (QED) is 0.270. The number of aromatic nitrogens is 2. The van der Waals surface area contributed by atoms with Gasteiger partial charge in [0, 0.05) is 22.3 Å². The van der Waals surface area contributed by atoms with Gasteiger partial charge in [-0.2, -0.15) is 5.10 Å². The maximum absolute atomic E-state index is 12.6. The van der Waals surface area contributed by atoms with Gasteiger partial charge in [-0.1, -0.05) is 71.7 Å². The van der Waals surface area contributed by atoms with E-state index >= 15 is 0 Å². The van der Waals surface area contributed by atoms with Gasteiger partial charge in [0.2, 0.25) is 5.90 Å². The van der Waals surface area contributed by atoms with Gasteiger partial charge in [0.25, 0.3) is 0 Å². The summed E-state index contributed by atoms with van der Waals surface area (Å²) < 4.78 is 7.15. The fourth-order valence-corrected chi connectivity index (χ4v) is 3.85. The number of cyclic esters (lactones) is 1. The molecule has 5 nitrogen and oxygen atoms in total. The van der Waals surface area contributed by atoms with E-state index in [1.54, 1.807) is 29.0 Å². The van der Waals surface area contributed by atoms with Crippen molar-refractivity contribution in [3.8, 4) is 16.9 Å². The lowest BCUT2D eigenvalue weighted by atomic mass is 10.1. The SMILES string of the molecule is O=C1OC(c2ccc(Cl)cc2Cl)=N/C1=C/c1cn(-c2ccccc2)nc1-c1ccccc1. The number of hydrogen-bond donors (Lipinski definition) is 0. The van der Waals surface area contributed by atoms with Crippen molar-refractivity contribution in [1.82, 2.24) is 9.78 Å². The second-order valence-electron chi connectivity index (χ2n) is 7.04. The van der Waals surface area contributed by atoms with Gasteiger partial charge in [0.1, 0.15) is 5.69 Å². The van der Waals surface area contributed by atoms with E-state index in [2.05, 4.69) is 4.99 Å². The maximum Gasteiger partial charge on any atom is 0.363 e. The molecule has 0 fully saturated rings. The van der Waals surface area contributed by atoms with Crippen molar-refractivity contribution < 1.29 is 9.53 Å². The Balaban J connectivity index is 1.60. The Morgan fingerprint density at radius 1 is 0.906 bits per heavy atom. The Hall–Kier alpha value is -3.67. The topological polar surface area (TPSA) is 56.5 Å². The third-order valence-electron chi connectivity index (χ3n) is 4.88. The molecule has 0 spiro atoms. The molecule has 3 aromatic carbocycles. The van der Waals surface area contributed by atoms with Gasteiger partial charge in [-0.05, 0) is 36.4 Å². The molecule has 0 aliphatic carbocycles. The Bertz CT molecular complexity index is 1380. The Morgan fingerprint density at radius 2 is 1.62 bits per heavy atom. The van der Waals surface area contributed by atoms with Gasteiger partial charge >= 0.3 is 5.97 Å². The molecule has 7 heteroatoms. The molecule has 1 aliphatic heterocycles. The molecule has 5 rings (SSSR count). The van der Waals surface area contributed by atoms with E-state index < -0.39 is 5.97 Å². The van der Waals surface area contributed by atoms with Gasteiger partial charge < -0.3 is 4.74 Å². The molecule has 0 saturated carbocycles. The minimum Gasteiger partial charge on any atom is -0.402 e. The summed E-state index contributed by atoms with van der Waals surface area (Å²) in [7, 11) is 0. The number of nitrogens with zero attached hydrogens (tertiary/aromatic N) is 3. The van der Waals surface area contributed by atoms with Crippen LogP contribution in [-0.4, -0.2) is 21.6 Å². The van der Waals surface area contributed by atoms with Gasteiger partial charge in [-0.15, -0.1) is 0 Å². The zero-order chi connectivity index (χ0) is 22.1. The molecule has 2 heterocycles. The van der Waals surface area contributed by atoms with Crippen LogP contribution in [0.5, 0.6) is 0 Å². The minimum absolute atomic E-state index is 0.139. The van der Waals surface area contributed by atoms with Crippen molar-refractivity contribution in [3.63, 3.8) is 0 Å². The van der Waals surface area contributed by atoms with E-state index in [-0.39, 0.29) is 11.6 Å². The van der Waals surface area contributed by atoms with Crippen LogP contribution in [-0.2, 0) is 9.53 Å². The molecule has 0 bridgehead atoms. The van der Waals surface area contributed by atoms with Gasteiger partial charge in [-0.3, -0.25) is 0 Å². The summed E-state index contributed by atoms with van der Waals surface area (Å²) in [5, 5.41) is 5.59. The number of ether oxygens (including phenoxy) is 1. The predicted octanol–water partition coefficient (Wildman–Crippen LogP) is 6.19. The summed E-state index contributed by atoms with van der Waals surface area (Å²) >= 11 is 12.2. The number of aliphatic imine (C=N–C) groups is 1. The zero-order valence-corrected chi connectivity index (χ0v) is 18.1. The van der Waals surface area contributed by atoms with Gasteiger partial charge in [0.05, 0.1) is 16.3 Å². The molecule has 0 unspecified atom stereocenters. The Kier molecular flexibility index (Phi) is 5.35. The molecule has 0 atom stereocenters. The van der Waals surface area contributed by atoms with Crippen LogP contribution in [0.15, 0.2) is 95.7 Å². The number of carbonyl (C=O) groups is 1.